The number of aliphatic hydroxyl groups is 2. The van der Waals surface area contributed by atoms with Gasteiger partial charge in [0, 0.05) is 22.8 Å². The molecular formula is C10H15ClN2O2. The van der Waals surface area contributed by atoms with Gasteiger partial charge in [-0.05, 0) is 25.2 Å². The molecule has 84 valence electrons. The summed E-state index contributed by atoms with van der Waals surface area (Å²) in [7, 11) is 1.69. The van der Waals surface area contributed by atoms with Gasteiger partial charge in [0.25, 0.3) is 0 Å². The molecule has 0 saturated heterocycles. The third-order valence-electron chi connectivity index (χ3n) is 2.15. The summed E-state index contributed by atoms with van der Waals surface area (Å²) in [6, 6.07) is 4.80. The standard InChI is InChI=1S/C10H15ClN2O2/c1-13-5-9(14)10(15)7-4-6(11)2-3-8(7)12/h2-4,9-10,13-15H,5,12H2,1H3. The van der Waals surface area contributed by atoms with Crippen LogP contribution >= 0.6 is 11.6 Å². The summed E-state index contributed by atoms with van der Waals surface area (Å²) in [4.78, 5) is 0. The van der Waals surface area contributed by atoms with Gasteiger partial charge >= 0.3 is 0 Å². The zero-order valence-corrected chi connectivity index (χ0v) is 9.20. The fraction of sp³-hybridized carbons (Fsp3) is 0.400. The molecule has 0 spiro atoms. The van der Waals surface area contributed by atoms with Crippen molar-refractivity contribution < 1.29 is 10.2 Å². The number of hydrogen-bond donors (Lipinski definition) is 4. The lowest BCUT2D eigenvalue weighted by atomic mass is 10.0. The zero-order valence-electron chi connectivity index (χ0n) is 8.44. The van der Waals surface area contributed by atoms with Crippen LogP contribution < -0.4 is 11.1 Å². The molecule has 1 aromatic carbocycles. The predicted molar refractivity (Wildman–Crippen MR) is 60.8 cm³/mol. The van der Waals surface area contributed by atoms with E-state index in [0.29, 0.717) is 16.3 Å². The van der Waals surface area contributed by atoms with Crippen molar-refractivity contribution in [3.8, 4) is 0 Å². The molecule has 2 atom stereocenters. The maximum Gasteiger partial charge on any atom is 0.108 e. The fourth-order valence-corrected chi connectivity index (χ4v) is 1.51. The highest BCUT2D eigenvalue weighted by Gasteiger charge is 2.19. The molecule has 0 amide bonds. The lowest BCUT2D eigenvalue weighted by molar-refractivity contribution is 0.0207. The van der Waals surface area contributed by atoms with Gasteiger partial charge in [0.15, 0.2) is 0 Å². The quantitative estimate of drug-likeness (QED) is 0.570. The third-order valence-corrected chi connectivity index (χ3v) is 2.38. The van der Waals surface area contributed by atoms with E-state index < -0.39 is 12.2 Å². The number of likely N-dealkylation sites (N-methyl/N-ethyl adjacent to an activating group) is 1. The fourth-order valence-electron chi connectivity index (χ4n) is 1.33. The van der Waals surface area contributed by atoms with Crippen molar-refractivity contribution in [1.82, 2.24) is 5.32 Å². The Morgan fingerprint density at radius 1 is 1.47 bits per heavy atom. The maximum absolute atomic E-state index is 9.80. The minimum absolute atomic E-state index is 0.285. The molecule has 4 nitrogen and oxygen atoms in total. The van der Waals surface area contributed by atoms with E-state index >= 15 is 0 Å². The minimum Gasteiger partial charge on any atom is -0.398 e. The number of benzene rings is 1. The Labute approximate surface area is 93.7 Å². The normalized spacial score (nSPS) is 14.9. The summed E-state index contributed by atoms with van der Waals surface area (Å²) in [6.07, 6.45) is -1.94. The van der Waals surface area contributed by atoms with Crippen LogP contribution in [0.5, 0.6) is 0 Å². The predicted octanol–water partition coefficient (Wildman–Crippen LogP) is 0.536. The van der Waals surface area contributed by atoms with E-state index in [-0.39, 0.29) is 6.54 Å². The number of nitrogens with two attached hydrogens (primary N) is 1. The highest BCUT2D eigenvalue weighted by atomic mass is 35.5. The van der Waals surface area contributed by atoms with Crippen molar-refractivity contribution in [2.24, 2.45) is 0 Å². The molecule has 0 aliphatic heterocycles. The topological polar surface area (TPSA) is 78.5 Å². The van der Waals surface area contributed by atoms with Crippen LogP contribution in [0.3, 0.4) is 0 Å². The van der Waals surface area contributed by atoms with Crippen LogP contribution in [0.25, 0.3) is 0 Å². The van der Waals surface area contributed by atoms with Crippen LogP contribution in [0.4, 0.5) is 5.69 Å². The summed E-state index contributed by atoms with van der Waals surface area (Å²) >= 11 is 5.78. The van der Waals surface area contributed by atoms with Crippen LogP contribution in [-0.2, 0) is 0 Å². The van der Waals surface area contributed by atoms with Crippen molar-refractivity contribution in [1.29, 1.82) is 0 Å². The molecule has 0 aromatic heterocycles. The number of nitrogen functional groups attached to an aromatic ring is 1. The Hall–Kier alpha value is -0.810. The molecule has 0 heterocycles. The Balaban J connectivity index is 2.89. The second-order valence-electron chi connectivity index (χ2n) is 3.34. The van der Waals surface area contributed by atoms with Crippen molar-refractivity contribution in [2.45, 2.75) is 12.2 Å². The van der Waals surface area contributed by atoms with E-state index in [1.807, 2.05) is 0 Å². The smallest absolute Gasteiger partial charge is 0.108 e. The number of aliphatic hydroxyl groups excluding tert-OH is 2. The van der Waals surface area contributed by atoms with Gasteiger partial charge in [-0.15, -0.1) is 0 Å². The van der Waals surface area contributed by atoms with Gasteiger partial charge in [0.05, 0.1) is 6.10 Å². The van der Waals surface area contributed by atoms with Gasteiger partial charge in [-0.3, -0.25) is 0 Å². The highest BCUT2D eigenvalue weighted by molar-refractivity contribution is 6.30. The Morgan fingerprint density at radius 3 is 2.73 bits per heavy atom. The molecule has 5 heteroatoms. The van der Waals surface area contributed by atoms with Crippen LogP contribution in [0.1, 0.15) is 11.7 Å². The molecule has 1 rings (SSSR count). The summed E-state index contributed by atoms with van der Waals surface area (Å²) < 4.78 is 0. The maximum atomic E-state index is 9.80. The van der Waals surface area contributed by atoms with Gasteiger partial charge < -0.3 is 21.3 Å². The van der Waals surface area contributed by atoms with Crippen molar-refractivity contribution in [2.75, 3.05) is 19.3 Å². The van der Waals surface area contributed by atoms with Crippen LogP contribution in [0.2, 0.25) is 5.02 Å². The first-order valence-electron chi connectivity index (χ1n) is 4.62. The molecule has 0 aliphatic rings. The van der Waals surface area contributed by atoms with E-state index in [2.05, 4.69) is 5.32 Å². The Bertz CT molecular complexity index is 333. The molecule has 1 aromatic rings. The van der Waals surface area contributed by atoms with Gasteiger partial charge in [0.1, 0.15) is 6.10 Å². The molecule has 0 radical (unpaired) electrons. The van der Waals surface area contributed by atoms with Gasteiger partial charge in [-0.25, -0.2) is 0 Å². The minimum atomic E-state index is -1.03. The summed E-state index contributed by atoms with van der Waals surface area (Å²) in [5.41, 5.74) is 6.54. The van der Waals surface area contributed by atoms with E-state index in [9.17, 15) is 10.2 Å². The first-order chi connectivity index (χ1) is 7.06. The number of rotatable bonds is 4. The van der Waals surface area contributed by atoms with Crippen LogP contribution in [0.15, 0.2) is 18.2 Å². The second kappa shape index (κ2) is 5.32. The lowest BCUT2D eigenvalue weighted by Crippen LogP contribution is -2.30. The van der Waals surface area contributed by atoms with Crippen LogP contribution in [-0.4, -0.2) is 29.9 Å². The molecule has 0 saturated carbocycles. The molecule has 0 bridgehead atoms. The third kappa shape index (κ3) is 3.07. The zero-order chi connectivity index (χ0) is 11.4. The van der Waals surface area contributed by atoms with E-state index in [1.54, 1.807) is 25.2 Å². The molecule has 2 unspecified atom stereocenters. The van der Waals surface area contributed by atoms with Crippen molar-refractivity contribution in [3.63, 3.8) is 0 Å². The first-order valence-corrected chi connectivity index (χ1v) is 4.99. The second-order valence-corrected chi connectivity index (χ2v) is 3.78. The number of nitrogens with one attached hydrogen (secondary N) is 1. The lowest BCUT2D eigenvalue weighted by Gasteiger charge is -2.19. The van der Waals surface area contributed by atoms with E-state index in [4.69, 9.17) is 17.3 Å². The highest BCUT2D eigenvalue weighted by Crippen LogP contribution is 2.26. The van der Waals surface area contributed by atoms with Gasteiger partial charge in [-0.1, -0.05) is 11.6 Å². The monoisotopic (exact) mass is 230 g/mol. The summed E-state index contributed by atoms with van der Waals surface area (Å²) in [5.74, 6) is 0. The van der Waals surface area contributed by atoms with Gasteiger partial charge in [0.2, 0.25) is 0 Å². The average molecular weight is 231 g/mol. The van der Waals surface area contributed by atoms with E-state index in [0.717, 1.165) is 0 Å². The van der Waals surface area contributed by atoms with Gasteiger partial charge in [-0.2, -0.15) is 0 Å². The Kier molecular flexibility index (Phi) is 4.35. The van der Waals surface area contributed by atoms with Crippen molar-refractivity contribution >= 4 is 17.3 Å². The molecule has 5 N–H and O–H groups in total. The Morgan fingerprint density at radius 2 is 2.13 bits per heavy atom. The largest absolute Gasteiger partial charge is 0.398 e. The summed E-state index contributed by atoms with van der Waals surface area (Å²) in [5, 5.41) is 22.6. The number of halogens is 1. The van der Waals surface area contributed by atoms with Crippen LogP contribution in [0, 0.1) is 0 Å². The SMILES string of the molecule is CNCC(O)C(O)c1cc(Cl)ccc1N. The molecule has 15 heavy (non-hydrogen) atoms. The number of anilines is 1. The molecule has 0 aliphatic carbocycles. The molecular weight excluding hydrogens is 216 g/mol. The number of hydrogen-bond acceptors (Lipinski definition) is 4. The van der Waals surface area contributed by atoms with Crippen molar-refractivity contribution in [3.05, 3.63) is 28.8 Å². The molecule has 0 fully saturated rings. The average Bonchev–Trinajstić information content (AvgIpc) is 2.21. The van der Waals surface area contributed by atoms with E-state index in [1.165, 1.54) is 0 Å². The summed E-state index contributed by atoms with van der Waals surface area (Å²) in [6.45, 7) is 0.285. The first kappa shape index (κ1) is 12.3.